The van der Waals surface area contributed by atoms with E-state index < -0.39 is 0 Å². The van der Waals surface area contributed by atoms with E-state index in [9.17, 15) is 0 Å². The van der Waals surface area contributed by atoms with Gasteiger partial charge >= 0.3 is 0 Å². The maximum absolute atomic E-state index is 8.66. The van der Waals surface area contributed by atoms with E-state index in [1.165, 1.54) is 25.7 Å². The number of hydrogen-bond donors (Lipinski definition) is 2. The van der Waals surface area contributed by atoms with Gasteiger partial charge < -0.3 is 10.4 Å². The van der Waals surface area contributed by atoms with Crippen molar-refractivity contribution in [2.24, 2.45) is 5.41 Å². The Morgan fingerprint density at radius 2 is 2.25 bits per heavy atom. The Labute approximate surface area is 75.4 Å². The summed E-state index contributed by atoms with van der Waals surface area (Å²) < 4.78 is 0. The molecule has 0 saturated heterocycles. The predicted molar refractivity (Wildman–Crippen MR) is 51.1 cm³/mol. The monoisotopic (exact) mass is 171 g/mol. The molecule has 1 atom stereocenters. The average molecular weight is 171 g/mol. The number of hydrogen-bond acceptors (Lipinski definition) is 2. The van der Waals surface area contributed by atoms with Gasteiger partial charge in [-0.25, -0.2) is 0 Å². The molecule has 0 spiro atoms. The van der Waals surface area contributed by atoms with Crippen molar-refractivity contribution in [1.29, 1.82) is 0 Å². The fraction of sp³-hybridized carbons (Fsp3) is 1.00. The lowest BCUT2D eigenvalue weighted by atomic mass is 9.75. The topological polar surface area (TPSA) is 32.3 Å². The summed E-state index contributed by atoms with van der Waals surface area (Å²) in [5.41, 5.74) is 0.505. The smallest absolute Gasteiger partial charge is 0.0556 e. The van der Waals surface area contributed by atoms with E-state index >= 15 is 0 Å². The zero-order valence-corrected chi connectivity index (χ0v) is 8.27. The summed E-state index contributed by atoms with van der Waals surface area (Å²) in [7, 11) is 0. The second-order valence-corrected chi connectivity index (χ2v) is 4.64. The van der Waals surface area contributed by atoms with Crippen molar-refractivity contribution in [1.82, 2.24) is 5.32 Å². The van der Waals surface area contributed by atoms with Gasteiger partial charge in [-0.2, -0.15) is 0 Å². The normalized spacial score (nSPS) is 28.8. The van der Waals surface area contributed by atoms with Crippen LogP contribution in [-0.2, 0) is 0 Å². The summed E-state index contributed by atoms with van der Waals surface area (Å²) in [6.45, 7) is 5.68. The van der Waals surface area contributed by atoms with Gasteiger partial charge in [0.25, 0.3) is 0 Å². The summed E-state index contributed by atoms with van der Waals surface area (Å²) in [6.07, 6.45) is 5.22. The highest BCUT2D eigenvalue weighted by Gasteiger charge is 2.27. The molecule has 2 nitrogen and oxygen atoms in total. The summed E-state index contributed by atoms with van der Waals surface area (Å²) >= 11 is 0. The zero-order chi connectivity index (χ0) is 9.03. The van der Waals surface area contributed by atoms with Gasteiger partial charge in [-0.05, 0) is 24.7 Å². The molecule has 1 aliphatic carbocycles. The predicted octanol–water partition coefficient (Wildman–Crippen LogP) is 1.54. The highest BCUT2D eigenvalue weighted by Crippen LogP contribution is 2.34. The van der Waals surface area contributed by atoms with Crippen molar-refractivity contribution in [3.8, 4) is 0 Å². The van der Waals surface area contributed by atoms with Crippen LogP contribution in [0.5, 0.6) is 0 Å². The van der Waals surface area contributed by atoms with Crippen LogP contribution in [0.3, 0.4) is 0 Å². The van der Waals surface area contributed by atoms with Crippen LogP contribution in [-0.4, -0.2) is 24.3 Å². The maximum atomic E-state index is 8.66. The average Bonchev–Trinajstić information content (AvgIpc) is 1.99. The molecule has 2 N–H and O–H groups in total. The molecule has 0 aromatic heterocycles. The Hall–Kier alpha value is -0.0800. The number of nitrogens with one attached hydrogen (secondary N) is 1. The first-order chi connectivity index (χ1) is 5.64. The molecule has 1 fully saturated rings. The molecular weight excluding hydrogens is 150 g/mol. The van der Waals surface area contributed by atoms with Crippen molar-refractivity contribution < 1.29 is 5.11 Å². The Morgan fingerprint density at radius 3 is 2.83 bits per heavy atom. The second kappa shape index (κ2) is 4.24. The first kappa shape index (κ1) is 10.0. The zero-order valence-electron chi connectivity index (χ0n) is 8.27. The van der Waals surface area contributed by atoms with Crippen LogP contribution < -0.4 is 5.32 Å². The van der Waals surface area contributed by atoms with Crippen molar-refractivity contribution in [3.63, 3.8) is 0 Å². The van der Waals surface area contributed by atoms with Gasteiger partial charge in [-0.3, -0.25) is 0 Å². The molecule has 1 saturated carbocycles. The standard InChI is InChI=1S/C10H21NO/c1-10(2)5-3-4-9(8-10)11-6-7-12/h9,11-12H,3-8H2,1-2H3/t9-/m0/s1. The van der Waals surface area contributed by atoms with Crippen molar-refractivity contribution >= 4 is 0 Å². The molecule has 0 unspecified atom stereocenters. The second-order valence-electron chi connectivity index (χ2n) is 4.64. The van der Waals surface area contributed by atoms with Crippen LogP contribution >= 0.6 is 0 Å². The molecule has 1 rings (SSSR count). The first-order valence-corrected chi connectivity index (χ1v) is 4.98. The van der Waals surface area contributed by atoms with E-state index in [-0.39, 0.29) is 6.61 Å². The van der Waals surface area contributed by atoms with E-state index in [4.69, 9.17) is 5.11 Å². The third kappa shape index (κ3) is 3.11. The molecule has 12 heavy (non-hydrogen) atoms. The van der Waals surface area contributed by atoms with Gasteiger partial charge in [0, 0.05) is 12.6 Å². The van der Waals surface area contributed by atoms with Gasteiger partial charge in [0.15, 0.2) is 0 Å². The van der Waals surface area contributed by atoms with E-state index in [1.807, 2.05) is 0 Å². The number of aliphatic hydroxyl groups is 1. The minimum atomic E-state index is 0.261. The Bertz CT molecular complexity index is 134. The fourth-order valence-electron chi connectivity index (χ4n) is 2.14. The van der Waals surface area contributed by atoms with Crippen LogP contribution in [0.4, 0.5) is 0 Å². The highest BCUT2D eigenvalue weighted by atomic mass is 16.3. The van der Waals surface area contributed by atoms with Crippen LogP contribution in [0.1, 0.15) is 39.5 Å². The van der Waals surface area contributed by atoms with Crippen LogP contribution in [0, 0.1) is 5.41 Å². The summed E-state index contributed by atoms with van der Waals surface area (Å²) in [4.78, 5) is 0. The van der Waals surface area contributed by atoms with Gasteiger partial charge in [-0.1, -0.05) is 20.3 Å². The van der Waals surface area contributed by atoms with Gasteiger partial charge in [-0.15, -0.1) is 0 Å². The molecule has 72 valence electrons. The van der Waals surface area contributed by atoms with E-state index in [1.54, 1.807) is 0 Å². The van der Waals surface area contributed by atoms with E-state index in [0.717, 1.165) is 6.54 Å². The highest BCUT2D eigenvalue weighted by molar-refractivity contribution is 4.82. The molecule has 0 amide bonds. The SMILES string of the molecule is CC1(C)CCC[C@H](NCCO)C1. The molecule has 0 radical (unpaired) electrons. The largest absolute Gasteiger partial charge is 0.395 e. The van der Waals surface area contributed by atoms with Crippen molar-refractivity contribution in [2.75, 3.05) is 13.2 Å². The number of rotatable bonds is 3. The molecule has 0 aromatic carbocycles. The van der Waals surface area contributed by atoms with Crippen LogP contribution in [0.2, 0.25) is 0 Å². The third-order valence-corrected chi connectivity index (χ3v) is 2.75. The van der Waals surface area contributed by atoms with E-state index in [2.05, 4.69) is 19.2 Å². The van der Waals surface area contributed by atoms with Gasteiger partial charge in [0.1, 0.15) is 0 Å². The lowest BCUT2D eigenvalue weighted by molar-refractivity contribution is 0.189. The fourth-order valence-corrected chi connectivity index (χ4v) is 2.14. The van der Waals surface area contributed by atoms with Gasteiger partial charge in [0.05, 0.1) is 6.61 Å². The van der Waals surface area contributed by atoms with Crippen LogP contribution in [0.25, 0.3) is 0 Å². The third-order valence-electron chi connectivity index (χ3n) is 2.75. The molecule has 1 aliphatic rings. The molecule has 0 bridgehead atoms. The minimum Gasteiger partial charge on any atom is -0.395 e. The van der Waals surface area contributed by atoms with Crippen molar-refractivity contribution in [2.45, 2.75) is 45.6 Å². The van der Waals surface area contributed by atoms with Crippen LogP contribution in [0.15, 0.2) is 0 Å². The Morgan fingerprint density at radius 1 is 1.50 bits per heavy atom. The molecule has 2 heteroatoms. The first-order valence-electron chi connectivity index (χ1n) is 4.98. The van der Waals surface area contributed by atoms with Crippen molar-refractivity contribution in [3.05, 3.63) is 0 Å². The number of aliphatic hydroxyl groups excluding tert-OH is 1. The molecular formula is C10H21NO. The lowest BCUT2D eigenvalue weighted by Gasteiger charge is -2.35. The van der Waals surface area contributed by atoms with E-state index in [0.29, 0.717) is 11.5 Å². The Balaban J connectivity index is 2.26. The maximum Gasteiger partial charge on any atom is 0.0556 e. The lowest BCUT2D eigenvalue weighted by Crippen LogP contribution is -2.38. The summed E-state index contributed by atoms with van der Waals surface area (Å²) in [5.74, 6) is 0. The molecule has 0 aliphatic heterocycles. The minimum absolute atomic E-state index is 0.261. The Kier molecular flexibility index (Phi) is 3.53. The molecule has 0 heterocycles. The molecule has 0 aromatic rings. The summed E-state index contributed by atoms with van der Waals surface area (Å²) in [5, 5.41) is 12.0. The quantitative estimate of drug-likeness (QED) is 0.675. The summed E-state index contributed by atoms with van der Waals surface area (Å²) in [6, 6.07) is 0.640. The van der Waals surface area contributed by atoms with Gasteiger partial charge in [0.2, 0.25) is 0 Å².